The molecular formula is C14H16N4S. The molecule has 0 saturated heterocycles. The Hall–Kier alpha value is -2.01. The summed E-state index contributed by atoms with van der Waals surface area (Å²) in [5.74, 6) is 0. The molecule has 0 aliphatic carbocycles. The van der Waals surface area contributed by atoms with Gasteiger partial charge in [-0.2, -0.15) is 0 Å². The van der Waals surface area contributed by atoms with Gasteiger partial charge in [0.2, 0.25) is 0 Å². The minimum atomic E-state index is 0.421. The average molecular weight is 272 g/mol. The molecule has 1 heterocycles. The number of nitrogens with one attached hydrogen (secondary N) is 3. The van der Waals surface area contributed by atoms with Crippen molar-refractivity contribution in [2.75, 3.05) is 11.9 Å². The van der Waals surface area contributed by atoms with Crippen molar-refractivity contribution < 1.29 is 0 Å². The van der Waals surface area contributed by atoms with Crippen LogP contribution in [0.2, 0.25) is 0 Å². The van der Waals surface area contributed by atoms with E-state index in [1.54, 1.807) is 17.4 Å². The van der Waals surface area contributed by atoms with Gasteiger partial charge in [0, 0.05) is 6.21 Å². The highest BCUT2D eigenvalue weighted by atomic mass is 32.1. The Bertz CT molecular complexity index is 627. The number of thiazole rings is 1. The summed E-state index contributed by atoms with van der Waals surface area (Å²) in [4.78, 5) is 4.48. The molecule has 2 rings (SSSR count). The Kier molecular flexibility index (Phi) is 4.41. The summed E-state index contributed by atoms with van der Waals surface area (Å²) in [5, 5.41) is 18.5. The highest BCUT2D eigenvalue weighted by Crippen LogP contribution is 2.26. The van der Waals surface area contributed by atoms with Crippen molar-refractivity contribution in [3.8, 4) is 0 Å². The van der Waals surface area contributed by atoms with Crippen molar-refractivity contribution in [3.05, 3.63) is 35.9 Å². The van der Waals surface area contributed by atoms with Crippen LogP contribution >= 0.6 is 11.3 Å². The smallest absolute Gasteiger partial charge is 0.184 e. The lowest BCUT2D eigenvalue weighted by Gasteiger charge is -1.99. The van der Waals surface area contributed by atoms with E-state index in [4.69, 9.17) is 10.8 Å². The molecule has 0 radical (unpaired) electrons. The lowest BCUT2D eigenvalue weighted by molar-refractivity contribution is 1.15. The van der Waals surface area contributed by atoms with Crippen LogP contribution in [0.25, 0.3) is 10.2 Å². The molecule has 98 valence electrons. The molecule has 0 atom stereocenters. The number of aryl methyl sites for hydroxylation is 1. The SMILES string of the molecule is CCc1ccc2nc(NCC(=N)/C=C\C=N)sc2c1. The summed E-state index contributed by atoms with van der Waals surface area (Å²) in [7, 11) is 0. The molecule has 4 nitrogen and oxygen atoms in total. The Morgan fingerprint density at radius 2 is 2.32 bits per heavy atom. The van der Waals surface area contributed by atoms with E-state index < -0.39 is 0 Å². The van der Waals surface area contributed by atoms with Gasteiger partial charge in [-0.1, -0.05) is 24.3 Å². The molecule has 0 unspecified atom stereocenters. The Morgan fingerprint density at radius 1 is 1.47 bits per heavy atom. The molecule has 0 bridgehead atoms. The number of rotatable bonds is 6. The number of anilines is 1. The number of nitrogens with zero attached hydrogens (tertiary/aromatic N) is 1. The molecule has 1 aromatic carbocycles. The molecule has 19 heavy (non-hydrogen) atoms. The fourth-order valence-electron chi connectivity index (χ4n) is 1.66. The van der Waals surface area contributed by atoms with Crippen molar-refractivity contribution in [3.63, 3.8) is 0 Å². The van der Waals surface area contributed by atoms with Crippen LogP contribution in [0.4, 0.5) is 5.13 Å². The molecule has 1 aromatic heterocycles. The predicted octanol–water partition coefficient (Wildman–Crippen LogP) is 3.50. The zero-order valence-corrected chi connectivity index (χ0v) is 11.6. The highest BCUT2D eigenvalue weighted by Gasteiger charge is 2.04. The van der Waals surface area contributed by atoms with Crippen LogP contribution in [0.3, 0.4) is 0 Å². The number of hydrogen-bond acceptors (Lipinski definition) is 5. The van der Waals surface area contributed by atoms with Gasteiger partial charge in [-0.3, -0.25) is 0 Å². The fraction of sp³-hybridized carbons (Fsp3) is 0.214. The Balaban J connectivity index is 2.07. The monoisotopic (exact) mass is 272 g/mol. The van der Waals surface area contributed by atoms with Gasteiger partial charge in [0.05, 0.1) is 22.5 Å². The second kappa shape index (κ2) is 6.24. The van der Waals surface area contributed by atoms with E-state index in [0.717, 1.165) is 17.1 Å². The zero-order chi connectivity index (χ0) is 13.7. The molecule has 0 spiro atoms. The molecule has 0 fully saturated rings. The van der Waals surface area contributed by atoms with Crippen LogP contribution < -0.4 is 5.32 Å². The van der Waals surface area contributed by atoms with Crippen molar-refractivity contribution in [2.24, 2.45) is 0 Å². The van der Waals surface area contributed by atoms with Gasteiger partial charge in [0.15, 0.2) is 5.13 Å². The first-order valence-corrected chi connectivity index (χ1v) is 6.92. The molecule has 0 aliphatic rings. The first-order valence-electron chi connectivity index (χ1n) is 6.11. The first kappa shape index (κ1) is 13.4. The van der Waals surface area contributed by atoms with Crippen LogP contribution in [0.5, 0.6) is 0 Å². The number of benzene rings is 1. The van der Waals surface area contributed by atoms with Gasteiger partial charge in [0.1, 0.15) is 0 Å². The summed E-state index contributed by atoms with van der Waals surface area (Å²) in [6, 6.07) is 6.30. The van der Waals surface area contributed by atoms with E-state index >= 15 is 0 Å². The largest absolute Gasteiger partial charge is 0.356 e. The Labute approximate surface area is 116 Å². The van der Waals surface area contributed by atoms with E-state index in [9.17, 15) is 0 Å². The summed E-state index contributed by atoms with van der Waals surface area (Å²) in [6.45, 7) is 2.56. The lowest BCUT2D eigenvalue weighted by atomic mass is 10.2. The van der Waals surface area contributed by atoms with Crippen LogP contribution in [-0.4, -0.2) is 23.5 Å². The van der Waals surface area contributed by atoms with Gasteiger partial charge in [0.25, 0.3) is 0 Å². The maximum absolute atomic E-state index is 7.66. The minimum Gasteiger partial charge on any atom is -0.356 e. The molecule has 2 aromatic rings. The second-order valence-corrected chi connectivity index (χ2v) is 5.11. The lowest BCUT2D eigenvalue weighted by Crippen LogP contribution is -2.10. The summed E-state index contributed by atoms with van der Waals surface area (Å²) in [5.41, 5.74) is 2.73. The van der Waals surface area contributed by atoms with Gasteiger partial charge in [-0.05, 0) is 36.3 Å². The van der Waals surface area contributed by atoms with Gasteiger partial charge >= 0.3 is 0 Å². The quantitative estimate of drug-likeness (QED) is 0.704. The fourth-order valence-corrected chi connectivity index (χ4v) is 2.58. The molecule has 5 heteroatoms. The maximum Gasteiger partial charge on any atom is 0.184 e. The molecule has 3 N–H and O–H groups in total. The van der Waals surface area contributed by atoms with E-state index in [1.165, 1.54) is 22.6 Å². The van der Waals surface area contributed by atoms with E-state index in [-0.39, 0.29) is 0 Å². The average Bonchev–Trinajstić information content (AvgIpc) is 2.84. The normalized spacial score (nSPS) is 11.0. The van der Waals surface area contributed by atoms with Gasteiger partial charge < -0.3 is 16.1 Å². The van der Waals surface area contributed by atoms with Crippen molar-refractivity contribution in [1.82, 2.24) is 4.98 Å². The standard InChI is InChI=1S/C14H16N4S/c1-2-10-5-6-12-13(8-10)19-14(18-12)17-9-11(16)4-3-7-15/h3-8,15-16H,2,9H2,1H3,(H,17,18)/b4-3-,15-7?,16-11?. The minimum absolute atomic E-state index is 0.421. The van der Waals surface area contributed by atoms with Crippen LogP contribution in [-0.2, 0) is 6.42 Å². The predicted molar refractivity (Wildman–Crippen MR) is 83.1 cm³/mol. The third-order valence-corrected chi connectivity index (χ3v) is 3.66. The van der Waals surface area contributed by atoms with E-state index in [2.05, 4.69) is 29.4 Å². The number of allylic oxidation sites excluding steroid dienone is 1. The van der Waals surface area contributed by atoms with E-state index in [0.29, 0.717) is 12.3 Å². The number of hydrogen-bond donors (Lipinski definition) is 3. The van der Waals surface area contributed by atoms with Gasteiger partial charge in [-0.15, -0.1) is 0 Å². The first-order chi connectivity index (χ1) is 9.22. The molecule has 0 aliphatic heterocycles. The van der Waals surface area contributed by atoms with Gasteiger partial charge in [-0.25, -0.2) is 4.98 Å². The van der Waals surface area contributed by atoms with Crippen LogP contribution in [0.1, 0.15) is 12.5 Å². The topological polar surface area (TPSA) is 72.6 Å². The highest BCUT2D eigenvalue weighted by molar-refractivity contribution is 7.22. The number of fused-ring (bicyclic) bond motifs is 1. The molecule has 0 amide bonds. The van der Waals surface area contributed by atoms with Crippen molar-refractivity contribution >= 4 is 38.6 Å². The third kappa shape index (κ3) is 3.48. The van der Waals surface area contributed by atoms with Crippen LogP contribution in [0, 0.1) is 10.8 Å². The van der Waals surface area contributed by atoms with Crippen LogP contribution in [0.15, 0.2) is 30.4 Å². The third-order valence-electron chi connectivity index (χ3n) is 2.68. The zero-order valence-electron chi connectivity index (χ0n) is 10.7. The maximum atomic E-state index is 7.66. The molecule has 0 saturated carbocycles. The summed E-state index contributed by atoms with van der Waals surface area (Å²) in [6.07, 6.45) is 5.33. The number of aromatic nitrogens is 1. The van der Waals surface area contributed by atoms with E-state index in [1.807, 2.05) is 6.07 Å². The van der Waals surface area contributed by atoms with Crippen molar-refractivity contribution in [2.45, 2.75) is 13.3 Å². The van der Waals surface area contributed by atoms with Crippen molar-refractivity contribution in [1.29, 1.82) is 10.8 Å². The summed E-state index contributed by atoms with van der Waals surface area (Å²) >= 11 is 1.60. The molecular weight excluding hydrogens is 256 g/mol. The second-order valence-electron chi connectivity index (χ2n) is 4.08. The summed E-state index contributed by atoms with van der Waals surface area (Å²) < 4.78 is 1.17. The Morgan fingerprint density at radius 3 is 3.05 bits per heavy atom.